The van der Waals surface area contributed by atoms with E-state index in [9.17, 15) is 0 Å². The monoisotopic (exact) mass is 246 g/mol. The minimum absolute atomic E-state index is 0.577. The average Bonchev–Trinajstić information content (AvgIpc) is 3.15. The summed E-state index contributed by atoms with van der Waals surface area (Å²) in [6.07, 6.45) is 4.04. The maximum absolute atomic E-state index is 5.26. The highest BCUT2D eigenvalue weighted by atomic mass is 16.5. The van der Waals surface area contributed by atoms with Crippen LogP contribution in [-0.2, 0) is 0 Å². The Morgan fingerprint density at radius 2 is 2.17 bits per heavy atom. The minimum atomic E-state index is 0.577. The summed E-state index contributed by atoms with van der Waals surface area (Å²) in [4.78, 5) is 2.66. The molecule has 3 heteroatoms. The van der Waals surface area contributed by atoms with E-state index < -0.39 is 0 Å². The molecule has 1 saturated heterocycles. The molecule has 1 aromatic rings. The van der Waals surface area contributed by atoms with Crippen molar-refractivity contribution in [3.63, 3.8) is 0 Å². The summed E-state index contributed by atoms with van der Waals surface area (Å²) < 4.78 is 5.26. The van der Waals surface area contributed by atoms with Crippen LogP contribution in [0.3, 0.4) is 0 Å². The number of nitrogens with one attached hydrogen (secondary N) is 1. The van der Waals surface area contributed by atoms with Crippen molar-refractivity contribution in [2.45, 2.75) is 44.3 Å². The second-order valence-electron chi connectivity index (χ2n) is 5.59. The summed E-state index contributed by atoms with van der Waals surface area (Å²) in [5, 5.41) is 3.64. The zero-order valence-electron chi connectivity index (χ0n) is 11.2. The molecule has 1 aliphatic heterocycles. The lowest BCUT2D eigenvalue weighted by Gasteiger charge is -2.20. The number of anilines is 1. The van der Waals surface area contributed by atoms with E-state index in [1.54, 1.807) is 7.11 Å². The van der Waals surface area contributed by atoms with Gasteiger partial charge in [0.1, 0.15) is 5.75 Å². The van der Waals surface area contributed by atoms with Crippen LogP contribution in [-0.4, -0.2) is 36.7 Å². The van der Waals surface area contributed by atoms with E-state index >= 15 is 0 Å². The lowest BCUT2D eigenvalue weighted by Crippen LogP contribution is -2.30. The first-order chi connectivity index (χ1) is 8.76. The Morgan fingerprint density at radius 3 is 2.89 bits per heavy atom. The highest BCUT2D eigenvalue weighted by Gasteiger charge is 2.38. The second kappa shape index (κ2) is 4.81. The number of ether oxygens (including phenoxy) is 1. The van der Waals surface area contributed by atoms with Crippen molar-refractivity contribution in [2.75, 3.05) is 19.0 Å². The summed E-state index contributed by atoms with van der Waals surface area (Å²) in [7, 11) is 1.71. The topological polar surface area (TPSA) is 24.5 Å². The highest BCUT2D eigenvalue weighted by Crippen LogP contribution is 2.34. The van der Waals surface area contributed by atoms with Crippen LogP contribution in [0.1, 0.15) is 26.2 Å². The predicted molar refractivity (Wildman–Crippen MR) is 74.2 cm³/mol. The van der Waals surface area contributed by atoms with Crippen LogP contribution in [0.2, 0.25) is 0 Å². The van der Waals surface area contributed by atoms with Gasteiger partial charge in [-0.25, -0.2) is 0 Å². The van der Waals surface area contributed by atoms with Crippen LogP contribution in [0, 0.1) is 0 Å². The first-order valence-corrected chi connectivity index (χ1v) is 6.92. The Morgan fingerprint density at radius 1 is 1.33 bits per heavy atom. The fraction of sp³-hybridized carbons (Fsp3) is 0.600. The van der Waals surface area contributed by atoms with Crippen molar-refractivity contribution < 1.29 is 4.74 Å². The van der Waals surface area contributed by atoms with Crippen molar-refractivity contribution in [1.29, 1.82) is 0 Å². The molecule has 2 atom stereocenters. The number of nitrogens with zero attached hydrogens (tertiary/aromatic N) is 1. The summed E-state index contributed by atoms with van der Waals surface area (Å²) in [6.45, 7) is 3.54. The van der Waals surface area contributed by atoms with Crippen LogP contribution in [0.25, 0.3) is 0 Å². The third-order valence-corrected chi connectivity index (χ3v) is 4.08. The van der Waals surface area contributed by atoms with Crippen LogP contribution in [0.4, 0.5) is 5.69 Å². The number of likely N-dealkylation sites (tertiary alicyclic amines) is 1. The molecule has 0 radical (unpaired) electrons. The summed E-state index contributed by atoms with van der Waals surface area (Å²) >= 11 is 0. The van der Waals surface area contributed by atoms with Crippen molar-refractivity contribution in [3.8, 4) is 5.75 Å². The lowest BCUT2D eigenvalue weighted by atomic mass is 10.2. The largest absolute Gasteiger partial charge is 0.497 e. The normalized spacial score (nSPS) is 28.3. The molecule has 1 N–H and O–H groups in total. The third kappa shape index (κ3) is 2.46. The molecule has 3 nitrogen and oxygen atoms in total. The van der Waals surface area contributed by atoms with Gasteiger partial charge in [-0.05, 0) is 38.3 Å². The van der Waals surface area contributed by atoms with Gasteiger partial charge in [0.2, 0.25) is 0 Å². The molecule has 0 spiro atoms. The number of hydrogen-bond acceptors (Lipinski definition) is 3. The molecule has 3 rings (SSSR count). The number of methoxy groups -OCH3 is 1. The van der Waals surface area contributed by atoms with E-state index in [4.69, 9.17) is 4.74 Å². The van der Waals surface area contributed by atoms with Crippen LogP contribution in [0.5, 0.6) is 5.75 Å². The van der Waals surface area contributed by atoms with E-state index in [1.165, 1.54) is 31.5 Å². The van der Waals surface area contributed by atoms with E-state index in [1.807, 2.05) is 12.1 Å². The minimum Gasteiger partial charge on any atom is -0.497 e. The number of rotatable bonds is 4. The van der Waals surface area contributed by atoms with E-state index in [2.05, 4.69) is 29.3 Å². The maximum Gasteiger partial charge on any atom is 0.120 e. The average molecular weight is 246 g/mol. The summed E-state index contributed by atoms with van der Waals surface area (Å²) in [5.74, 6) is 0.921. The predicted octanol–water partition coefficient (Wildman–Crippen LogP) is 2.73. The molecule has 2 unspecified atom stereocenters. The molecule has 1 saturated carbocycles. The van der Waals surface area contributed by atoms with Crippen LogP contribution in [0.15, 0.2) is 24.3 Å². The third-order valence-electron chi connectivity index (χ3n) is 4.08. The van der Waals surface area contributed by atoms with Gasteiger partial charge in [-0.3, -0.25) is 4.90 Å². The molecule has 2 fully saturated rings. The number of benzene rings is 1. The molecule has 1 aliphatic carbocycles. The van der Waals surface area contributed by atoms with Gasteiger partial charge in [0.25, 0.3) is 0 Å². The summed E-state index contributed by atoms with van der Waals surface area (Å²) in [6, 6.07) is 10.4. The Balaban J connectivity index is 1.62. The Bertz CT molecular complexity index is 417. The molecular formula is C15H22N2O. The van der Waals surface area contributed by atoms with Gasteiger partial charge in [0, 0.05) is 36.4 Å². The summed E-state index contributed by atoms with van der Waals surface area (Å²) in [5.41, 5.74) is 1.17. The van der Waals surface area contributed by atoms with E-state index in [0.717, 1.165) is 17.8 Å². The first-order valence-electron chi connectivity index (χ1n) is 6.92. The van der Waals surface area contributed by atoms with Crippen molar-refractivity contribution in [1.82, 2.24) is 4.90 Å². The highest BCUT2D eigenvalue weighted by molar-refractivity contribution is 5.49. The SMILES string of the molecule is COc1cccc(NC2CC(C)N(C3CC3)C2)c1. The number of hydrogen-bond donors (Lipinski definition) is 1. The molecule has 1 aromatic carbocycles. The quantitative estimate of drug-likeness (QED) is 0.884. The van der Waals surface area contributed by atoms with Crippen molar-refractivity contribution in [2.24, 2.45) is 0 Å². The van der Waals surface area contributed by atoms with Gasteiger partial charge in [0.05, 0.1) is 7.11 Å². The van der Waals surface area contributed by atoms with Gasteiger partial charge in [-0.2, -0.15) is 0 Å². The van der Waals surface area contributed by atoms with Gasteiger partial charge in [-0.1, -0.05) is 6.07 Å². The van der Waals surface area contributed by atoms with Crippen LogP contribution >= 0.6 is 0 Å². The molecule has 0 bridgehead atoms. The first kappa shape index (κ1) is 11.8. The van der Waals surface area contributed by atoms with Crippen molar-refractivity contribution >= 4 is 5.69 Å². The molecule has 18 heavy (non-hydrogen) atoms. The zero-order chi connectivity index (χ0) is 12.5. The Kier molecular flexibility index (Phi) is 3.16. The Hall–Kier alpha value is -1.22. The molecule has 1 heterocycles. The fourth-order valence-corrected chi connectivity index (χ4v) is 3.02. The standard InChI is InChI=1S/C15H22N2O/c1-11-8-13(10-17(11)14-6-7-14)16-12-4-3-5-15(9-12)18-2/h3-5,9,11,13-14,16H,6-8,10H2,1-2H3. The molecule has 0 amide bonds. The van der Waals surface area contributed by atoms with Gasteiger partial charge < -0.3 is 10.1 Å². The fourth-order valence-electron chi connectivity index (χ4n) is 3.02. The Labute approximate surface area is 109 Å². The lowest BCUT2D eigenvalue weighted by molar-refractivity contribution is 0.257. The molecule has 2 aliphatic rings. The van der Waals surface area contributed by atoms with Gasteiger partial charge in [-0.15, -0.1) is 0 Å². The van der Waals surface area contributed by atoms with Crippen molar-refractivity contribution in [3.05, 3.63) is 24.3 Å². The van der Waals surface area contributed by atoms with Crippen LogP contribution < -0.4 is 10.1 Å². The van der Waals surface area contributed by atoms with E-state index in [0.29, 0.717) is 6.04 Å². The molecule has 98 valence electrons. The zero-order valence-corrected chi connectivity index (χ0v) is 11.2. The maximum atomic E-state index is 5.26. The molecular weight excluding hydrogens is 224 g/mol. The van der Waals surface area contributed by atoms with Gasteiger partial charge in [0.15, 0.2) is 0 Å². The smallest absolute Gasteiger partial charge is 0.120 e. The van der Waals surface area contributed by atoms with E-state index in [-0.39, 0.29) is 0 Å². The van der Waals surface area contributed by atoms with Gasteiger partial charge >= 0.3 is 0 Å². The second-order valence-corrected chi connectivity index (χ2v) is 5.59. The molecule has 0 aromatic heterocycles.